The van der Waals surface area contributed by atoms with Crippen LogP contribution < -0.4 is 10.2 Å². The molecule has 15 heteroatoms. The number of alkyl halides is 2. The molecule has 0 unspecified atom stereocenters. The average Bonchev–Trinajstić information content (AvgIpc) is 3.02. The number of anilines is 2. The van der Waals surface area contributed by atoms with Crippen LogP contribution in [0, 0.1) is 12.3 Å². The van der Waals surface area contributed by atoms with E-state index in [1.807, 2.05) is 0 Å². The summed E-state index contributed by atoms with van der Waals surface area (Å²) < 4.78 is 55.2. The normalized spacial score (nSPS) is 23.4. The molecule has 3 saturated heterocycles. The number of aliphatic hydroxyl groups is 3. The molecule has 0 aliphatic carbocycles. The van der Waals surface area contributed by atoms with Crippen LogP contribution in [0.5, 0.6) is 0 Å². The molecule has 3 aliphatic rings. The molecule has 1 spiro atoms. The zero-order valence-electron chi connectivity index (χ0n) is 19.9. The summed E-state index contributed by atoms with van der Waals surface area (Å²) in [5.41, 5.74) is -0.558. The number of likely N-dealkylation sites (tertiary alicyclic amines) is 1. The van der Waals surface area contributed by atoms with Crippen molar-refractivity contribution in [3.63, 3.8) is 0 Å². The van der Waals surface area contributed by atoms with Crippen LogP contribution in [0.25, 0.3) is 10.9 Å². The number of aromatic nitrogens is 3. The number of sulfonamides is 1. The summed E-state index contributed by atoms with van der Waals surface area (Å²) >= 11 is 0. The van der Waals surface area contributed by atoms with E-state index in [-0.39, 0.29) is 18.4 Å². The Bertz CT molecular complexity index is 1280. The number of hydrogen-bond acceptors (Lipinski definition) is 11. The number of halogens is 2. The standard InChI is InChI=1S/C21H29F2N7O5S/c1-13-7-14-8-24-18(26-15-3-5-30(6-4-15)36(2,34)35)27-16(14)17(25-13)28-9-19(20(22,23)12-28)10-29(11-19)21(31,32)33/h7-8,15,31-33H,3-6,9-12H2,1-2H3,(H,24,26,27). The smallest absolute Gasteiger partial charge is 0.345 e. The molecule has 5 rings (SSSR count). The SMILES string of the molecule is Cc1cc2cnc(NC3CCN(S(C)(=O)=O)CC3)nc2c(N2CC(F)(F)C3(C2)CN(C(O)(O)O)C3)n1. The van der Waals surface area contributed by atoms with E-state index in [9.17, 15) is 23.7 Å². The predicted molar refractivity (Wildman–Crippen MR) is 126 cm³/mol. The quantitative estimate of drug-likeness (QED) is 0.371. The Morgan fingerprint density at radius 1 is 1.11 bits per heavy atom. The molecule has 12 nitrogen and oxygen atoms in total. The summed E-state index contributed by atoms with van der Waals surface area (Å²) in [5.74, 6) is -2.58. The Hall–Kier alpha value is -2.30. The van der Waals surface area contributed by atoms with Crippen molar-refractivity contribution >= 4 is 32.7 Å². The van der Waals surface area contributed by atoms with E-state index < -0.39 is 47.1 Å². The molecule has 0 aromatic carbocycles. The fraction of sp³-hybridized carbons (Fsp3) is 0.667. The largest absolute Gasteiger partial charge is 0.351 e. The third-order valence-electron chi connectivity index (χ3n) is 7.30. The molecule has 5 heterocycles. The van der Waals surface area contributed by atoms with Gasteiger partial charge in [0.05, 0.1) is 18.2 Å². The monoisotopic (exact) mass is 529 g/mol. The molecule has 4 N–H and O–H groups in total. The van der Waals surface area contributed by atoms with Gasteiger partial charge in [-0.3, -0.25) is 0 Å². The molecule has 3 aliphatic heterocycles. The lowest BCUT2D eigenvalue weighted by Crippen LogP contribution is -2.70. The molecule has 3 fully saturated rings. The number of nitrogens with one attached hydrogen (secondary N) is 1. The van der Waals surface area contributed by atoms with Crippen LogP contribution in [0.15, 0.2) is 12.3 Å². The van der Waals surface area contributed by atoms with Gasteiger partial charge in [0, 0.05) is 56.0 Å². The van der Waals surface area contributed by atoms with Gasteiger partial charge >= 0.3 is 6.10 Å². The van der Waals surface area contributed by atoms with E-state index in [1.54, 1.807) is 19.2 Å². The van der Waals surface area contributed by atoms with E-state index in [1.165, 1.54) is 15.5 Å². The van der Waals surface area contributed by atoms with Gasteiger partial charge in [0.25, 0.3) is 5.92 Å². The number of nitrogens with zero attached hydrogens (tertiary/aromatic N) is 6. The maximum atomic E-state index is 15.1. The summed E-state index contributed by atoms with van der Waals surface area (Å²) in [5, 5.41) is 31.9. The highest BCUT2D eigenvalue weighted by Crippen LogP contribution is 2.52. The van der Waals surface area contributed by atoms with Crippen LogP contribution in [-0.4, -0.2) is 111 Å². The molecule has 0 bridgehead atoms. The van der Waals surface area contributed by atoms with Gasteiger partial charge < -0.3 is 25.5 Å². The number of fused-ring (bicyclic) bond motifs is 1. The van der Waals surface area contributed by atoms with Gasteiger partial charge in [-0.2, -0.15) is 0 Å². The molecule has 0 saturated carbocycles. The lowest BCUT2D eigenvalue weighted by atomic mass is 9.76. The van der Waals surface area contributed by atoms with Crippen LogP contribution in [0.4, 0.5) is 20.5 Å². The van der Waals surface area contributed by atoms with Crippen molar-refractivity contribution in [3.05, 3.63) is 18.0 Å². The predicted octanol–water partition coefficient (Wildman–Crippen LogP) is -0.485. The number of piperidine rings is 1. The minimum atomic E-state index is -3.24. The fourth-order valence-corrected chi connectivity index (χ4v) is 6.15. The maximum absolute atomic E-state index is 15.1. The highest BCUT2D eigenvalue weighted by Gasteiger charge is 2.68. The van der Waals surface area contributed by atoms with Crippen molar-refractivity contribution in [1.29, 1.82) is 0 Å². The second-order valence-electron chi connectivity index (χ2n) is 10.1. The lowest BCUT2D eigenvalue weighted by Gasteiger charge is -2.52. The number of aryl methyl sites for hydroxylation is 1. The van der Waals surface area contributed by atoms with Gasteiger partial charge in [-0.1, -0.05) is 0 Å². The highest BCUT2D eigenvalue weighted by molar-refractivity contribution is 7.88. The van der Waals surface area contributed by atoms with Crippen molar-refractivity contribution in [2.24, 2.45) is 5.41 Å². The summed E-state index contributed by atoms with van der Waals surface area (Å²) in [4.78, 5) is 15.7. The Balaban J connectivity index is 1.38. The maximum Gasteiger partial charge on any atom is 0.345 e. The topological polar surface area (TPSA) is 155 Å². The average molecular weight is 530 g/mol. The van der Waals surface area contributed by atoms with Crippen molar-refractivity contribution in [2.75, 3.05) is 55.7 Å². The molecule has 36 heavy (non-hydrogen) atoms. The van der Waals surface area contributed by atoms with Crippen LogP contribution in [0.1, 0.15) is 18.5 Å². The van der Waals surface area contributed by atoms with Crippen molar-refractivity contribution in [1.82, 2.24) is 24.2 Å². The Morgan fingerprint density at radius 2 is 1.78 bits per heavy atom. The van der Waals surface area contributed by atoms with Gasteiger partial charge in [-0.25, -0.2) is 41.4 Å². The highest BCUT2D eigenvalue weighted by atomic mass is 32.2. The molecule has 0 amide bonds. The molecular weight excluding hydrogens is 500 g/mol. The van der Waals surface area contributed by atoms with E-state index in [2.05, 4.69) is 20.3 Å². The van der Waals surface area contributed by atoms with Gasteiger partial charge in [-0.15, -0.1) is 0 Å². The minimum Gasteiger partial charge on any atom is -0.351 e. The first-order chi connectivity index (χ1) is 16.7. The number of pyridine rings is 1. The van der Waals surface area contributed by atoms with E-state index in [0.717, 1.165) is 4.90 Å². The van der Waals surface area contributed by atoms with Crippen LogP contribution in [-0.2, 0) is 10.0 Å². The van der Waals surface area contributed by atoms with Crippen LogP contribution in [0.3, 0.4) is 0 Å². The van der Waals surface area contributed by atoms with E-state index in [4.69, 9.17) is 0 Å². The summed E-state index contributed by atoms with van der Waals surface area (Å²) in [6.45, 7) is 1.00. The van der Waals surface area contributed by atoms with Crippen LogP contribution >= 0.6 is 0 Å². The molecule has 0 radical (unpaired) electrons. The number of hydrogen-bond donors (Lipinski definition) is 4. The molecule has 2 aromatic heterocycles. The minimum absolute atomic E-state index is 0.0432. The Kier molecular flexibility index (Phi) is 5.89. The first-order valence-corrected chi connectivity index (χ1v) is 13.4. The molecule has 2 aromatic rings. The van der Waals surface area contributed by atoms with Gasteiger partial charge in [0.2, 0.25) is 16.0 Å². The Labute approximate surface area is 206 Å². The third kappa shape index (κ3) is 4.48. The number of rotatable bonds is 5. The fourth-order valence-electron chi connectivity index (χ4n) is 5.28. The van der Waals surface area contributed by atoms with Gasteiger partial charge in [0.15, 0.2) is 5.82 Å². The van der Waals surface area contributed by atoms with E-state index >= 15 is 8.78 Å². The molecule has 0 atom stereocenters. The zero-order valence-corrected chi connectivity index (χ0v) is 20.7. The van der Waals surface area contributed by atoms with Crippen molar-refractivity contribution in [3.8, 4) is 0 Å². The van der Waals surface area contributed by atoms with Gasteiger partial charge in [0.1, 0.15) is 5.52 Å². The zero-order chi connectivity index (χ0) is 26.1. The van der Waals surface area contributed by atoms with Crippen molar-refractivity contribution < 1.29 is 32.5 Å². The first kappa shape index (κ1) is 25.4. The second kappa shape index (κ2) is 8.36. The molecule has 198 valence electrons. The summed E-state index contributed by atoms with van der Waals surface area (Å²) in [7, 11) is -3.24. The lowest BCUT2D eigenvalue weighted by molar-refractivity contribution is -0.424. The Morgan fingerprint density at radius 3 is 2.39 bits per heavy atom. The summed E-state index contributed by atoms with van der Waals surface area (Å²) in [6.07, 6.45) is 0.792. The summed E-state index contributed by atoms with van der Waals surface area (Å²) in [6, 6.07) is 1.72. The molecular formula is C21H29F2N7O5S. The third-order valence-corrected chi connectivity index (χ3v) is 8.60. The van der Waals surface area contributed by atoms with Crippen LogP contribution in [0.2, 0.25) is 0 Å². The first-order valence-electron chi connectivity index (χ1n) is 11.6. The van der Waals surface area contributed by atoms with Gasteiger partial charge in [-0.05, 0) is 25.8 Å². The van der Waals surface area contributed by atoms with E-state index in [0.29, 0.717) is 48.5 Å². The van der Waals surface area contributed by atoms with Crippen molar-refractivity contribution in [2.45, 2.75) is 37.8 Å². The second-order valence-corrected chi connectivity index (χ2v) is 12.1.